The normalized spacial score (nSPS) is 11.5. The van der Waals surface area contributed by atoms with Crippen molar-refractivity contribution in [3.05, 3.63) is 35.4 Å². The van der Waals surface area contributed by atoms with Gasteiger partial charge in [0.2, 0.25) is 5.91 Å². The number of carboxylic acid groups (broad SMARTS) is 1. The second kappa shape index (κ2) is 8.02. The summed E-state index contributed by atoms with van der Waals surface area (Å²) in [6.07, 6.45) is -2.69. The standard InChI is InChI=1S/C15H18F3N5O3/c1-10-9-12(15(16,17)18)21-22(10)7-2-5-19-13(24)4-8-23-11(14(25)26)3-6-20-23/h3,6,9H,2,4-5,7-8H2,1H3,(H,19,24)(H,25,26). The van der Waals surface area contributed by atoms with Gasteiger partial charge in [0.25, 0.3) is 0 Å². The molecular weight excluding hydrogens is 355 g/mol. The summed E-state index contributed by atoms with van der Waals surface area (Å²) in [5.41, 5.74) is -0.552. The summed E-state index contributed by atoms with van der Waals surface area (Å²) in [7, 11) is 0. The molecule has 26 heavy (non-hydrogen) atoms. The SMILES string of the molecule is Cc1cc(C(F)(F)F)nn1CCCNC(=O)CCn1nccc1C(=O)O. The third kappa shape index (κ3) is 5.07. The number of carboxylic acids is 1. The van der Waals surface area contributed by atoms with Crippen LogP contribution in [-0.2, 0) is 24.1 Å². The first kappa shape index (κ1) is 19.5. The number of nitrogens with zero attached hydrogens (tertiary/aromatic N) is 4. The molecule has 0 spiro atoms. The Kier molecular flexibility index (Phi) is 6.01. The third-order valence-corrected chi connectivity index (χ3v) is 3.63. The Labute approximate surface area is 146 Å². The highest BCUT2D eigenvalue weighted by Gasteiger charge is 2.34. The van der Waals surface area contributed by atoms with Crippen molar-refractivity contribution in [1.82, 2.24) is 24.9 Å². The summed E-state index contributed by atoms with van der Waals surface area (Å²) in [5, 5.41) is 18.9. The largest absolute Gasteiger partial charge is 0.477 e. The predicted octanol–water partition coefficient (Wildman–Crippen LogP) is 1.70. The van der Waals surface area contributed by atoms with Crippen LogP contribution in [0.15, 0.2) is 18.3 Å². The Morgan fingerprint density at radius 3 is 2.62 bits per heavy atom. The van der Waals surface area contributed by atoms with E-state index in [-0.39, 0.29) is 37.7 Å². The highest BCUT2D eigenvalue weighted by Crippen LogP contribution is 2.28. The molecule has 0 atom stereocenters. The zero-order chi connectivity index (χ0) is 19.3. The minimum Gasteiger partial charge on any atom is -0.477 e. The molecule has 2 aromatic rings. The molecule has 0 aliphatic rings. The second-order valence-electron chi connectivity index (χ2n) is 5.59. The number of hydrogen-bond acceptors (Lipinski definition) is 4. The Morgan fingerprint density at radius 1 is 1.27 bits per heavy atom. The number of halogens is 3. The van der Waals surface area contributed by atoms with Crippen molar-refractivity contribution in [2.75, 3.05) is 6.54 Å². The van der Waals surface area contributed by atoms with Crippen LogP contribution in [0.4, 0.5) is 13.2 Å². The van der Waals surface area contributed by atoms with E-state index in [9.17, 15) is 22.8 Å². The molecule has 11 heteroatoms. The molecule has 0 fully saturated rings. The Balaban J connectivity index is 1.73. The van der Waals surface area contributed by atoms with Crippen LogP contribution in [0.25, 0.3) is 0 Å². The van der Waals surface area contributed by atoms with Crippen LogP contribution in [0.5, 0.6) is 0 Å². The van der Waals surface area contributed by atoms with E-state index in [0.717, 1.165) is 6.07 Å². The number of aryl methyl sites for hydroxylation is 3. The summed E-state index contributed by atoms with van der Waals surface area (Å²) >= 11 is 0. The lowest BCUT2D eigenvalue weighted by atomic mass is 10.3. The lowest BCUT2D eigenvalue weighted by molar-refractivity contribution is -0.141. The van der Waals surface area contributed by atoms with E-state index in [1.165, 1.54) is 28.6 Å². The maximum atomic E-state index is 12.6. The number of nitrogens with one attached hydrogen (secondary N) is 1. The van der Waals surface area contributed by atoms with Gasteiger partial charge in [-0.1, -0.05) is 0 Å². The number of aromatic carboxylic acids is 1. The van der Waals surface area contributed by atoms with Crippen molar-refractivity contribution >= 4 is 11.9 Å². The van der Waals surface area contributed by atoms with Gasteiger partial charge in [0, 0.05) is 31.4 Å². The van der Waals surface area contributed by atoms with Crippen LogP contribution < -0.4 is 5.32 Å². The molecule has 0 unspecified atom stereocenters. The second-order valence-corrected chi connectivity index (χ2v) is 5.59. The molecule has 0 radical (unpaired) electrons. The van der Waals surface area contributed by atoms with E-state index in [0.29, 0.717) is 12.1 Å². The molecule has 2 rings (SSSR count). The van der Waals surface area contributed by atoms with Gasteiger partial charge in [-0.05, 0) is 25.5 Å². The number of carbonyl (C=O) groups excluding carboxylic acids is 1. The fourth-order valence-electron chi connectivity index (χ4n) is 2.32. The van der Waals surface area contributed by atoms with Gasteiger partial charge in [0.05, 0.1) is 6.54 Å². The molecule has 8 nitrogen and oxygen atoms in total. The predicted molar refractivity (Wildman–Crippen MR) is 83.4 cm³/mol. The zero-order valence-corrected chi connectivity index (χ0v) is 14.0. The fourth-order valence-corrected chi connectivity index (χ4v) is 2.32. The summed E-state index contributed by atoms with van der Waals surface area (Å²) in [6, 6.07) is 2.31. The third-order valence-electron chi connectivity index (χ3n) is 3.63. The topological polar surface area (TPSA) is 102 Å². The van der Waals surface area contributed by atoms with E-state index in [1.54, 1.807) is 0 Å². The molecule has 0 saturated heterocycles. The molecule has 1 amide bonds. The Morgan fingerprint density at radius 2 is 2.00 bits per heavy atom. The Hall–Kier alpha value is -2.85. The van der Waals surface area contributed by atoms with E-state index in [4.69, 9.17) is 5.11 Å². The van der Waals surface area contributed by atoms with E-state index >= 15 is 0 Å². The number of aromatic nitrogens is 4. The maximum Gasteiger partial charge on any atom is 0.435 e. The first-order valence-electron chi connectivity index (χ1n) is 7.82. The quantitative estimate of drug-likeness (QED) is 0.686. The van der Waals surface area contributed by atoms with Crippen molar-refractivity contribution in [3.63, 3.8) is 0 Å². The number of hydrogen-bond donors (Lipinski definition) is 2. The van der Waals surface area contributed by atoms with Crippen LogP contribution >= 0.6 is 0 Å². The molecule has 0 bridgehead atoms. The average Bonchev–Trinajstić information content (AvgIpc) is 3.16. The number of carbonyl (C=O) groups is 2. The minimum atomic E-state index is -4.48. The first-order valence-corrected chi connectivity index (χ1v) is 7.82. The lowest BCUT2D eigenvalue weighted by Crippen LogP contribution is -2.27. The van der Waals surface area contributed by atoms with Gasteiger partial charge in [0.1, 0.15) is 5.69 Å². The summed E-state index contributed by atoms with van der Waals surface area (Å²) < 4.78 is 40.2. The highest BCUT2D eigenvalue weighted by molar-refractivity contribution is 5.85. The number of amides is 1. The molecule has 2 heterocycles. The summed E-state index contributed by atoms with van der Waals surface area (Å²) in [4.78, 5) is 22.7. The van der Waals surface area contributed by atoms with Gasteiger partial charge in [-0.3, -0.25) is 14.2 Å². The van der Waals surface area contributed by atoms with Gasteiger partial charge in [0.15, 0.2) is 5.69 Å². The molecule has 0 aromatic carbocycles. The summed E-state index contributed by atoms with van der Waals surface area (Å²) in [5.74, 6) is -1.43. The summed E-state index contributed by atoms with van der Waals surface area (Å²) in [6.45, 7) is 2.16. The molecule has 0 saturated carbocycles. The maximum absolute atomic E-state index is 12.6. The van der Waals surface area contributed by atoms with Crippen molar-refractivity contribution in [3.8, 4) is 0 Å². The van der Waals surface area contributed by atoms with Crippen molar-refractivity contribution in [2.24, 2.45) is 0 Å². The average molecular weight is 373 g/mol. The van der Waals surface area contributed by atoms with Crippen molar-refractivity contribution < 1.29 is 27.9 Å². The number of alkyl halides is 3. The van der Waals surface area contributed by atoms with Gasteiger partial charge in [-0.2, -0.15) is 23.4 Å². The minimum absolute atomic E-state index is 0.00701. The van der Waals surface area contributed by atoms with Crippen LogP contribution in [0.1, 0.15) is 34.7 Å². The fraction of sp³-hybridized carbons (Fsp3) is 0.467. The monoisotopic (exact) mass is 373 g/mol. The van der Waals surface area contributed by atoms with Crippen molar-refractivity contribution in [2.45, 2.75) is 39.0 Å². The van der Waals surface area contributed by atoms with Crippen LogP contribution in [0.2, 0.25) is 0 Å². The van der Waals surface area contributed by atoms with Gasteiger partial charge < -0.3 is 10.4 Å². The molecule has 142 valence electrons. The number of rotatable bonds is 8. The molecule has 0 aliphatic heterocycles. The Bertz CT molecular complexity index is 782. The van der Waals surface area contributed by atoms with E-state index in [2.05, 4.69) is 15.5 Å². The molecule has 0 aliphatic carbocycles. The van der Waals surface area contributed by atoms with Gasteiger partial charge >= 0.3 is 12.1 Å². The van der Waals surface area contributed by atoms with E-state index < -0.39 is 17.8 Å². The first-order chi connectivity index (χ1) is 12.2. The molecule has 2 N–H and O–H groups in total. The molecular formula is C15H18F3N5O3. The molecule has 2 aromatic heterocycles. The van der Waals surface area contributed by atoms with Crippen LogP contribution in [-0.4, -0.2) is 43.1 Å². The lowest BCUT2D eigenvalue weighted by Gasteiger charge is -2.08. The smallest absolute Gasteiger partial charge is 0.435 e. The van der Waals surface area contributed by atoms with Gasteiger partial charge in [-0.15, -0.1) is 0 Å². The van der Waals surface area contributed by atoms with Crippen LogP contribution in [0.3, 0.4) is 0 Å². The van der Waals surface area contributed by atoms with Crippen molar-refractivity contribution in [1.29, 1.82) is 0 Å². The van der Waals surface area contributed by atoms with E-state index in [1.807, 2.05) is 0 Å². The zero-order valence-electron chi connectivity index (χ0n) is 14.0. The van der Waals surface area contributed by atoms with Crippen LogP contribution in [0, 0.1) is 6.92 Å². The highest BCUT2D eigenvalue weighted by atomic mass is 19.4. The van der Waals surface area contributed by atoms with Gasteiger partial charge in [-0.25, -0.2) is 4.79 Å².